The van der Waals surface area contributed by atoms with Crippen molar-refractivity contribution in [2.45, 2.75) is 57.9 Å². The molecule has 0 bridgehead atoms. The molecule has 0 saturated heterocycles. The summed E-state index contributed by atoms with van der Waals surface area (Å²) < 4.78 is 13.0. The largest absolute Gasteiger partial charge is 0.346 e. The van der Waals surface area contributed by atoms with E-state index in [9.17, 15) is 4.39 Å². The molecule has 1 aromatic rings. The van der Waals surface area contributed by atoms with Crippen LogP contribution < -0.4 is 5.32 Å². The van der Waals surface area contributed by atoms with Crippen LogP contribution in [0.25, 0.3) is 0 Å². The summed E-state index contributed by atoms with van der Waals surface area (Å²) in [6, 6.07) is 6.95. The van der Waals surface area contributed by atoms with Crippen molar-refractivity contribution in [2.75, 3.05) is 11.9 Å². The molecule has 1 aromatic carbocycles. The fraction of sp³-hybridized carbons (Fsp3) is 0.588. The van der Waals surface area contributed by atoms with Crippen molar-refractivity contribution in [3.63, 3.8) is 0 Å². The molecule has 2 rings (SSSR count). The van der Waals surface area contributed by atoms with Gasteiger partial charge in [-0.2, -0.15) is 0 Å². The van der Waals surface area contributed by atoms with Gasteiger partial charge in [0, 0.05) is 18.3 Å². The lowest BCUT2D eigenvalue weighted by atomic mass is 9.94. The summed E-state index contributed by atoms with van der Waals surface area (Å²) in [6.45, 7) is 3.21. The Morgan fingerprint density at radius 3 is 2.52 bits per heavy atom. The van der Waals surface area contributed by atoms with Gasteiger partial charge in [0.1, 0.15) is 5.82 Å². The number of hydrogen-bond donors (Lipinski definition) is 1. The lowest BCUT2D eigenvalue weighted by molar-refractivity contribution is 0.244. The third kappa shape index (κ3) is 4.95. The molecule has 116 valence electrons. The second kappa shape index (κ2) is 8.32. The third-order valence-corrected chi connectivity index (χ3v) is 4.46. The van der Waals surface area contributed by atoms with E-state index in [-0.39, 0.29) is 5.82 Å². The van der Waals surface area contributed by atoms with Gasteiger partial charge in [-0.25, -0.2) is 4.39 Å². The van der Waals surface area contributed by atoms with E-state index in [4.69, 9.17) is 12.2 Å². The average Bonchev–Trinajstić information content (AvgIpc) is 2.51. The van der Waals surface area contributed by atoms with Crippen LogP contribution in [0.3, 0.4) is 0 Å². The Bertz CT molecular complexity index is 441. The number of nitrogens with zero attached hydrogens (tertiary/aromatic N) is 1. The van der Waals surface area contributed by atoms with Crippen molar-refractivity contribution in [2.24, 2.45) is 0 Å². The summed E-state index contributed by atoms with van der Waals surface area (Å²) in [5, 5.41) is 4.05. The Hall–Kier alpha value is -1.16. The zero-order valence-electron chi connectivity index (χ0n) is 12.8. The number of nitrogens with one attached hydrogen (secondary N) is 1. The first kappa shape index (κ1) is 16.2. The molecular weight excluding hydrogens is 283 g/mol. The van der Waals surface area contributed by atoms with E-state index < -0.39 is 0 Å². The number of rotatable bonds is 5. The number of benzene rings is 1. The van der Waals surface area contributed by atoms with Gasteiger partial charge in [-0.1, -0.05) is 32.6 Å². The minimum Gasteiger partial charge on any atom is -0.346 e. The highest BCUT2D eigenvalue weighted by atomic mass is 32.1. The van der Waals surface area contributed by atoms with Crippen molar-refractivity contribution >= 4 is 23.0 Å². The van der Waals surface area contributed by atoms with E-state index in [0.29, 0.717) is 6.04 Å². The van der Waals surface area contributed by atoms with E-state index in [0.717, 1.165) is 23.8 Å². The van der Waals surface area contributed by atoms with E-state index in [1.54, 1.807) is 12.1 Å². The van der Waals surface area contributed by atoms with Crippen molar-refractivity contribution in [1.29, 1.82) is 0 Å². The van der Waals surface area contributed by atoms with E-state index in [1.165, 1.54) is 50.7 Å². The van der Waals surface area contributed by atoms with E-state index in [2.05, 4.69) is 17.1 Å². The quantitative estimate of drug-likeness (QED) is 0.774. The molecule has 1 aliphatic rings. The van der Waals surface area contributed by atoms with Crippen LogP contribution in [0, 0.1) is 5.82 Å². The summed E-state index contributed by atoms with van der Waals surface area (Å²) in [6.07, 6.45) is 8.73. The van der Waals surface area contributed by atoms with Crippen LogP contribution in [0.1, 0.15) is 51.9 Å². The Morgan fingerprint density at radius 1 is 1.24 bits per heavy atom. The third-order valence-electron chi connectivity index (χ3n) is 4.12. The number of halogens is 1. The normalized spacial score (nSPS) is 15.7. The highest BCUT2D eigenvalue weighted by Gasteiger charge is 2.22. The van der Waals surface area contributed by atoms with E-state index >= 15 is 0 Å². The highest BCUT2D eigenvalue weighted by Crippen LogP contribution is 2.24. The molecule has 0 radical (unpaired) electrons. The molecule has 1 fully saturated rings. The molecule has 0 amide bonds. The van der Waals surface area contributed by atoms with Crippen LogP contribution in [0.5, 0.6) is 0 Å². The summed E-state index contributed by atoms with van der Waals surface area (Å²) in [4.78, 5) is 2.35. The fourth-order valence-electron chi connectivity index (χ4n) is 2.90. The Morgan fingerprint density at radius 2 is 1.90 bits per heavy atom. The standard InChI is InChI=1S/C17H25FN2S/c1-2-3-13-20(16-7-5-4-6-8-16)17(21)19-15-11-9-14(18)10-12-15/h9-12,16H,2-8,13H2,1H3,(H,19,21). The Labute approximate surface area is 132 Å². The van der Waals surface area contributed by atoms with Gasteiger partial charge >= 0.3 is 0 Å². The maximum Gasteiger partial charge on any atom is 0.173 e. The highest BCUT2D eigenvalue weighted by molar-refractivity contribution is 7.80. The number of hydrogen-bond acceptors (Lipinski definition) is 1. The zero-order chi connectivity index (χ0) is 15.1. The van der Waals surface area contributed by atoms with Crippen LogP contribution in [-0.2, 0) is 0 Å². The molecule has 4 heteroatoms. The number of anilines is 1. The zero-order valence-corrected chi connectivity index (χ0v) is 13.6. The lowest BCUT2D eigenvalue weighted by Gasteiger charge is -2.36. The predicted octanol–water partition coefficient (Wildman–Crippen LogP) is 4.96. The summed E-state index contributed by atoms with van der Waals surface area (Å²) in [5.41, 5.74) is 0.860. The van der Waals surface area contributed by atoms with Crippen molar-refractivity contribution in [3.05, 3.63) is 30.1 Å². The molecule has 0 unspecified atom stereocenters. The van der Waals surface area contributed by atoms with Gasteiger partial charge in [0.15, 0.2) is 5.11 Å². The summed E-state index contributed by atoms with van der Waals surface area (Å²) >= 11 is 5.61. The van der Waals surface area contributed by atoms with Gasteiger partial charge in [-0.05, 0) is 55.7 Å². The molecule has 0 heterocycles. The minimum atomic E-state index is -0.221. The molecule has 1 saturated carbocycles. The van der Waals surface area contributed by atoms with Gasteiger partial charge in [-0.3, -0.25) is 0 Å². The van der Waals surface area contributed by atoms with Gasteiger partial charge in [0.25, 0.3) is 0 Å². The number of thiocarbonyl (C=S) groups is 1. The SMILES string of the molecule is CCCCN(C(=S)Nc1ccc(F)cc1)C1CCCCC1. The first-order valence-electron chi connectivity index (χ1n) is 8.04. The minimum absolute atomic E-state index is 0.221. The molecule has 0 spiro atoms. The predicted molar refractivity (Wildman–Crippen MR) is 91.1 cm³/mol. The van der Waals surface area contributed by atoms with Gasteiger partial charge in [0.05, 0.1) is 0 Å². The van der Waals surface area contributed by atoms with E-state index in [1.807, 2.05) is 0 Å². The van der Waals surface area contributed by atoms with Crippen molar-refractivity contribution < 1.29 is 4.39 Å². The maximum absolute atomic E-state index is 13.0. The topological polar surface area (TPSA) is 15.3 Å². The summed E-state index contributed by atoms with van der Waals surface area (Å²) in [5.74, 6) is -0.221. The second-order valence-electron chi connectivity index (χ2n) is 5.78. The fourth-order valence-corrected chi connectivity index (χ4v) is 3.26. The van der Waals surface area contributed by atoms with Crippen LogP contribution in [0.2, 0.25) is 0 Å². The second-order valence-corrected chi connectivity index (χ2v) is 6.16. The van der Waals surface area contributed by atoms with Gasteiger partial charge in [0.2, 0.25) is 0 Å². The summed E-state index contributed by atoms with van der Waals surface area (Å²) in [7, 11) is 0. The monoisotopic (exact) mass is 308 g/mol. The van der Waals surface area contributed by atoms with Crippen molar-refractivity contribution in [1.82, 2.24) is 4.90 Å². The van der Waals surface area contributed by atoms with Gasteiger partial charge < -0.3 is 10.2 Å². The molecule has 1 N–H and O–H groups in total. The molecule has 0 aliphatic heterocycles. The Kier molecular flexibility index (Phi) is 6.43. The molecule has 2 nitrogen and oxygen atoms in total. The maximum atomic E-state index is 13.0. The van der Waals surface area contributed by atoms with Crippen LogP contribution in [0.4, 0.5) is 10.1 Å². The van der Waals surface area contributed by atoms with Crippen LogP contribution in [-0.4, -0.2) is 22.6 Å². The molecule has 21 heavy (non-hydrogen) atoms. The molecular formula is C17H25FN2S. The van der Waals surface area contributed by atoms with Crippen LogP contribution >= 0.6 is 12.2 Å². The van der Waals surface area contributed by atoms with Gasteiger partial charge in [-0.15, -0.1) is 0 Å². The van der Waals surface area contributed by atoms with Crippen LogP contribution in [0.15, 0.2) is 24.3 Å². The number of unbranched alkanes of at least 4 members (excludes halogenated alkanes) is 1. The smallest absolute Gasteiger partial charge is 0.173 e. The first-order valence-corrected chi connectivity index (χ1v) is 8.44. The Balaban J connectivity index is 2.00. The first-order chi connectivity index (χ1) is 10.2. The molecule has 0 atom stereocenters. The van der Waals surface area contributed by atoms with Crippen molar-refractivity contribution in [3.8, 4) is 0 Å². The molecule has 1 aliphatic carbocycles. The average molecular weight is 308 g/mol. The molecule has 0 aromatic heterocycles. The lowest BCUT2D eigenvalue weighted by Crippen LogP contribution is -2.44.